The summed E-state index contributed by atoms with van der Waals surface area (Å²) in [6, 6.07) is 9.68. The Kier molecular flexibility index (Phi) is 4.61. The standard InChI is InChI=1S/C21H23N3O2S/c1-14-6-7-16(15(2)13-14)24-20(25)18(17-5-4-12-27-17)19(21(24)26)23-10-8-22(3)9-11-23/h4-7,12-13H,8-11H2,1-3H3. The highest BCUT2D eigenvalue weighted by atomic mass is 32.1. The lowest BCUT2D eigenvalue weighted by molar-refractivity contribution is -0.120. The van der Waals surface area contributed by atoms with Crippen molar-refractivity contribution in [2.24, 2.45) is 0 Å². The van der Waals surface area contributed by atoms with Gasteiger partial charge in [-0.05, 0) is 44.0 Å². The summed E-state index contributed by atoms with van der Waals surface area (Å²) in [7, 11) is 2.08. The molecule has 1 aromatic heterocycles. The number of carbonyl (C=O) groups is 2. The maximum atomic E-state index is 13.4. The van der Waals surface area contributed by atoms with Crippen LogP contribution in [0, 0.1) is 13.8 Å². The van der Waals surface area contributed by atoms with E-state index in [1.165, 1.54) is 16.2 Å². The topological polar surface area (TPSA) is 43.9 Å². The highest BCUT2D eigenvalue weighted by Crippen LogP contribution is 2.37. The van der Waals surface area contributed by atoms with E-state index in [0.717, 1.165) is 42.2 Å². The van der Waals surface area contributed by atoms with E-state index in [9.17, 15) is 9.59 Å². The molecule has 6 heteroatoms. The molecule has 4 rings (SSSR count). The van der Waals surface area contributed by atoms with Gasteiger partial charge in [-0.3, -0.25) is 9.59 Å². The molecule has 1 aromatic carbocycles. The fraction of sp³-hybridized carbons (Fsp3) is 0.333. The molecule has 0 N–H and O–H groups in total. The lowest BCUT2D eigenvalue weighted by atomic mass is 10.1. The number of rotatable bonds is 3. The third-order valence-electron chi connectivity index (χ3n) is 5.24. The molecule has 0 atom stereocenters. The molecule has 0 spiro atoms. The van der Waals surface area contributed by atoms with Gasteiger partial charge in [0.1, 0.15) is 5.70 Å². The third-order valence-corrected chi connectivity index (χ3v) is 6.13. The number of nitrogens with zero attached hydrogens (tertiary/aromatic N) is 3. The number of aryl methyl sites for hydroxylation is 2. The second kappa shape index (κ2) is 6.94. The van der Waals surface area contributed by atoms with E-state index < -0.39 is 0 Å². The molecule has 3 heterocycles. The van der Waals surface area contributed by atoms with Crippen LogP contribution in [-0.2, 0) is 9.59 Å². The van der Waals surface area contributed by atoms with Crippen LogP contribution in [0.1, 0.15) is 16.0 Å². The SMILES string of the molecule is Cc1ccc(N2C(=O)C(c3cccs3)=C(N3CCN(C)CC3)C2=O)c(C)c1. The zero-order valence-corrected chi connectivity index (χ0v) is 16.7. The molecule has 2 aliphatic rings. The van der Waals surface area contributed by atoms with Gasteiger partial charge >= 0.3 is 0 Å². The zero-order valence-electron chi connectivity index (χ0n) is 15.9. The van der Waals surface area contributed by atoms with Gasteiger partial charge in [0, 0.05) is 31.1 Å². The van der Waals surface area contributed by atoms with Gasteiger partial charge in [0.05, 0.1) is 11.3 Å². The van der Waals surface area contributed by atoms with Crippen LogP contribution in [0.4, 0.5) is 5.69 Å². The van der Waals surface area contributed by atoms with Gasteiger partial charge in [-0.15, -0.1) is 11.3 Å². The maximum Gasteiger partial charge on any atom is 0.282 e. The fourth-order valence-corrected chi connectivity index (χ4v) is 4.52. The van der Waals surface area contributed by atoms with E-state index in [4.69, 9.17) is 0 Å². The summed E-state index contributed by atoms with van der Waals surface area (Å²) >= 11 is 1.50. The molecule has 1 fully saturated rings. The highest BCUT2D eigenvalue weighted by molar-refractivity contribution is 7.11. The number of imide groups is 1. The first-order valence-electron chi connectivity index (χ1n) is 9.15. The van der Waals surface area contributed by atoms with Gasteiger partial charge in [0.25, 0.3) is 11.8 Å². The molecule has 0 saturated carbocycles. The Hall–Kier alpha value is -2.44. The Labute approximate surface area is 163 Å². The molecular formula is C21H23N3O2S. The molecular weight excluding hydrogens is 358 g/mol. The first-order chi connectivity index (χ1) is 13.0. The van der Waals surface area contributed by atoms with Crippen LogP contribution in [-0.4, -0.2) is 54.8 Å². The molecule has 1 saturated heterocycles. The molecule has 2 amide bonds. The van der Waals surface area contributed by atoms with Crippen molar-refractivity contribution in [2.75, 3.05) is 38.1 Å². The number of hydrogen-bond donors (Lipinski definition) is 0. The van der Waals surface area contributed by atoms with Crippen molar-refractivity contribution < 1.29 is 9.59 Å². The molecule has 0 unspecified atom stereocenters. The first-order valence-corrected chi connectivity index (χ1v) is 10.0. The Morgan fingerprint density at radius 2 is 1.70 bits per heavy atom. The Morgan fingerprint density at radius 1 is 0.963 bits per heavy atom. The summed E-state index contributed by atoms with van der Waals surface area (Å²) in [6.07, 6.45) is 0. The van der Waals surface area contributed by atoms with Crippen molar-refractivity contribution >= 4 is 34.4 Å². The Morgan fingerprint density at radius 3 is 2.33 bits per heavy atom. The summed E-state index contributed by atoms with van der Waals surface area (Å²) in [5.74, 6) is -0.428. The normalized spacial score (nSPS) is 18.8. The van der Waals surface area contributed by atoms with E-state index in [1.807, 2.05) is 49.6 Å². The molecule has 27 heavy (non-hydrogen) atoms. The van der Waals surface area contributed by atoms with Gasteiger partial charge in [-0.1, -0.05) is 23.8 Å². The monoisotopic (exact) mass is 381 g/mol. The third kappa shape index (κ3) is 3.09. The predicted molar refractivity (Wildman–Crippen MR) is 109 cm³/mol. The van der Waals surface area contributed by atoms with Crippen molar-refractivity contribution in [1.82, 2.24) is 9.80 Å². The van der Waals surface area contributed by atoms with E-state index in [2.05, 4.69) is 16.8 Å². The summed E-state index contributed by atoms with van der Waals surface area (Å²) < 4.78 is 0. The van der Waals surface area contributed by atoms with Crippen LogP contribution in [0.3, 0.4) is 0 Å². The average molecular weight is 382 g/mol. The lowest BCUT2D eigenvalue weighted by Crippen LogP contribution is -2.46. The highest BCUT2D eigenvalue weighted by Gasteiger charge is 2.43. The fourth-order valence-electron chi connectivity index (χ4n) is 3.76. The Bertz CT molecular complexity index is 925. The van der Waals surface area contributed by atoms with Crippen molar-refractivity contribution in [3.63, 3.8) is 0 Å². The molecule has 2 aliphatic heterocycles. The van der Waals surface area contributed by atoms with Crippen molar-refractivity contribution in [1.29, 1.82) is 0 Å². The second-order valence-electron chi connectivity index (χ2n) is 7.23. The number of carbonyl (C=O) groups excluding carboxylic acids is 2. The van der Waals surface area contributed by atoms with Crippen LogP contribution < -0.4 is 4.90 Å². The number of hydrogen-bond acceptors (Lipinski definition) is 5. The van der Waals surface area contributed by atoms with Gasteiger partial charge in [-0.25, -0.2) is 4.90 Å². The lowest BCUT2D eigenvalue weighted by Gasteiger charge is -2.34. The smallest absolute Gasteiger partial charge is 0.282 e. The number of thiophene rings is 1. The van der Waals surface area contributed by atoms with E-state index >= 15 is 0 Å². The molecule has 140 valence electrons. The molecule has 0 radical (unpaired) electrons. The summed E-state index contributed by atoms with van der Waals surface area (Å²) in [5.41, 5.74) is 3.81. The van der Waals surface area contributed by atoms with Crippen LogP contribution >= 0.6 is 11.3 Å². The van der Waals surface area contributed by atoms with Gasteiger partial charge in [-0.2, -0.15) is 0 Å². The van der Waals surface area contributed by atoms with Crippen LogP contribution in [0.2, 0.25) is 0 Å². The second-order valence-corrected chi connectivity index (χ2v) is 8.17. The quantitative estimate of drug-likeness (QED) is 0.767. The molecule has 0 bridgehead atoms. The largest absolute Gasteiger partial charge is 0.364 e. The number of likely N-dealkylation sites (N-methyl/N-ethyl adjacent to an activating group) is 1. The minimum Gasteiger partial charge on any atom is -0.364 e. The molecule has 2 aromatic rings. The summed E-state index contributed by atoms with van der Waals surface area (Å²) in [4.78, 5) is 33.4. The van der Waals surface area contributed by atoms with Crippen LogP contribution in [0.5, 0.6) is 0 Å². The molecule has 0 aliphatic carbocycles. The first kappa shape index (κ1) is 17.9. The Balaban J connectivity index is 1.80. The summed E-state index contributed by atoms with van der Waals surface area (Å²) in [5, 5.41) is 1.95. The van der Waals surface area contributed by atoms with E-state index in [-0.39, 0.29) is 11.8 Å². The average Bonchev–Trinajstić information content (AvgIpc) is 3.23. The number of anilines is 1. The van der Waals surface area contributed by atoms with Gasteiger partial charge in [0.15, 0.2) is 0 Å². The van der Waals surface area contributed by atoms with Gasteiger partial charge < -0.3 is 9.80 Å². The zero-order chi connectivity index (χ0) is 19.1. The molecule has 5 nitrogen and oxygen atoms in total. The minimum atomic E-state index is -0.219. The van der Waals surface area contributed by atoms with Crippen LogP contribution in [0.25, 0.3) is 5.57 Å². The van der Waals surface area contributed by atoms with E-state index in [1.54, 1.807) is 0 Å². The van der Waals surface area contributed by atoms with Crippen molar-refractivity contribution in [3.05, 3.63) is 57.4 Å². The van der Waals surface area contributed by atoms with Crippen LogP contribution in [0.15, 0.2) is 41.4 Å². The van der Waals surface area contributed by atoms with Gasteiger partial charge in [0.2, 0.25) is 0 Å². The number of benzene rings is 1. The summed E-state index contributed by atoms with van der Waals surface area (Å²) in [6.45, 7) is 7.22. The van der Waals surface area contributed by atoms with E-state index in [0.29, 0.717) is 17.0 Å². The predicted octanol–water partition coefficient (Wildman–Crippen LogP) is 2.90. The minimum absolute atomic E-state index is 0.208. The number of piperazine rings is 1. The number of amides is 2. The maximum absolute atomic E-state index is 13.4. The van der Waals surface area contributed by atoms with Crippen molar-refractivity contribution in [3.8, 4) is 0 Å². The van der Waals surface area contributed by atoms with Crippen molar-refractivity contribution in [2.45, 2.75) is 13.8 Å².